The van der Waals surface area contributed by atoms with E-state index >= 15 is 0 Å². The van der Waals surface area contributed by atoms with Crippen molar-refractivity contribution in [1.29, 1.82) is 0 Å². The van der Waals surface area contributed by atoms with E-state index in [4.69, 9.17) is 0 Å². The molecule has 0 fully saturated rings. The van der Waals surface area contributed by atoms with Crippen LogP contribution in [0.5, 0.6) is 0 Å². The van der Waals surface area contributed by atoms with E-state index in [1.54, 1.807) is 12.4 Å². The molecule has 1 aromatic carbocycles. The molecule has 0 unspecified atom stereocenters. The topological polar surface area (TPSA) is 30.0 Å². The average Bonchev–Trinajstić information content (AvgIpc) is 2.37. The van der Waals surface area contributed by atoms with Gasteiger partial charge in [-0.3, -0.25) is 9.78 Å². The summed E-state index contributed by atoms with van der Waals surface area (Å²) >= 11 is 5.00. The van der Waals surface area contributed by atoms with Gasteiger partial charge in [-0.25, -0.2) is 0 Å². The molecule has 0 saturated heterocycles. The van der Waals surface area contributed by atoms with Gasteiger partial charge >= 0.3 is 0 Å². The molecule has 0 aliphatic heterocycles. The molecule has 1 aromatic heterocycles. The molecule has 0 aliphatic carbocycles. The lowest BCUT2D eigenvalue weighted by molar-refractivity contribution is 0.102. The number of aromatic nitrogens is 1. The molecule has 0 spiro atoms. The predicted octanol–water partition coefficient (Wildman–Crippen LogP) is 4.13. The zero-order valence-electron chi connectivity index (χ0n) is 9.89. The number of rotatable bonds is 4. The number of nitrogens with zero attached hydrogens (tertiary/aromatic N) is 1. The third-order valence-corrected chi connectivity index (χ3v) is 4.42. The number of aryl methyl sites for hydroxylation is 1. The third kappa shape index (κ3) is 3.43. The summed E-state index contributed by atoms with van der Waals surface area (Å²) in [6.45, 7) is 1.94. The Morgan fingerprint density at radius 2 is 2.11 bits per heavy atom. The number of pyridine rings is 1. The highest BCUT2D eigenvalue weighted by Gasteiger charge is 2.08. The van der Waals surface area contributed by atoms with Gasteiger partial charge in [-0.1, -0.05) is 12.1 Å². The van der Waals surface area contributed by atoms with E-state index in [0.29, 0.717) is 11.3 Å². The molecule has 0 radical (unpaired) electrons. The maximum atomic E-state index is 12.0. The van der Waals surface area contributed by atoms with Gasteiger partial charge in [0.05, 0.1) is 5.75 Å². The van der Waals surface area contributed by atoms with E-state index in [9.17, 15) is 4.79 Å². The second kappa shape index (κ2) is 6.16. The normalized spacial score (nSPS) is 10.3. The molecule has 0 aliphatic rings. The van der Waals surface area contributed by atoms with Crippen LogP contribution < -0.4 is 0 Å². The van der Waals surface area contributed by atoms with Crippen molar-refractivity contribution in [3.05, 3.63) is 58.3 Å². The number of hydrogen-bond acceptors (Lipinski definition) is 3. The summed E-state index contributed by atoms with van der Waals surface area (Å²) in [6, 6.07) is 9.76. The highest BCUT2D eigenvalue weighted by Crippen LogP contribution is 2.27. The Kier molecular flexibility index (Phi) is 4.55. The molecule has 0 N–H and O–H groups in total. The van der Waals surface area contributed by atoms with Crippen LogP contribution in [0.2, 0.25) is 0 Å². The molecular weight excluding hydrogens is 310 g/mol. The van der Waals surface area contributed by atoms with E-state index in [0.717, 1.165) is 14.9 Å². The number of carbonyl (C=O) groups is 1. The fourth-order valence-electron chi connectivity index (χ4n) is 1.50. The van der Waals surface area contributed by atoms with E-state index in [1.807, 2.05) is 37.3 Å². The first-order chi connectivity index (χ1) is 8.66. The van der Waals surface area contributed by atoms with Gasteiger partial charge in [0.15, 0.2) is 5.78 Å². The van der Waals surface area contributed by atoms with Crippen LogP contribution in [-0.4, -0.2) is 16.5 Å². The second-order valence-electron chi connectivity index (χ2n) is 3.89. The molecule has 2 nitrogen and oxygen atoms in total. The lowest BCUT2D eigenvalue weighted by Crippen LogP contribution is -2.03. The Bertz CT molecular complexity index is 571. The maximum Gasteiger partial charge on any atom is 0.174 e. The smallest absolute Gasteiger partial charge is 0.174 e. The van der Waals surface area contributed by atoms with Gasteiger partial charge in [0.2, 0.25) is 0 Å². The van der Waals surface area contributed by atoms with E-state index in [-0.39, 0.29) is 5.78 Å². The summed E-state index contributed by atoms with van der Waals surface area (Å²) in [5.41, 5.74) is 1.68. The Morgan fingerprint density at radius 3 is 2.83 bits per heavy atom. The largest absolute Gasteiger partial charge is 0.293 e. The van der Waals surface area contributed by atoms with Crippen LogP contribution in [0, 0.1) is 6.92 Å². The molecular formula is C14H12BrNOS. The van der Waals surface area contributed by atoms with Crippen molar-refractivity contribution in [3.8, 4) is 0 Å². The van der Waals surface area contributed by atoms with Crippen molar-refractivity contribution >= 4 is 33.5 Å². The van der Waals surface area contributed by atoms with Crippen LogP contribution in [0.25, 0.3) is 0 Å². The van der Waals surface area contributed by atoms with Crippen molar-refractivity contribution in [3.63, 3.8) is 0 Å². The van der Waals surface area contributed by atoms with Crippen LogP contribution in [0.4, 0.5) is 0 Å². The second-order valence-corrected chi connectivity index (χ2v) is 5.76. The lowest BCUT2D eigenvalue weighted by Gasteiger charge is -2.04. The minimum absolute atomic E-state index is 0.104. The van der Waals surface area contributed by atoms with Gasteiger partial charge in [0, 0.05) is 27.3 Å². The van der Waals surface area contributed by atoms with Crippen LogP contribution in [0.1, 0.15) is 15.9 Å². The zero-order valence-corrected chi connectivity index (χ0v) is 12.3. The summed E-state index contributed by atoms with van der Waals surface area (Å²) in [7, 11) is 0. The van der Waals surface area contributed by atoms with E-state index in [2.05, 4.69) is 20.9 Å². The zero-order chi connectivity index (χ0) is 13.0. The number of Topliss-reactive ketones (excluding diaryl/α,β-unsaturated/α-hetero) is 1. The molecule has 4 heteroatoms. The monoisotopic (exact) mass is 321 g/mol. The van der Waals surface area contributed by atoms with Crippen molar-refractivity contribution < 1.29 is 4.79 Å². The summed E-state index contributed by atoms with van der Waals surface area (Å²) in [5, 5.41) is 0. The Labute approximate surface area is 119 Å². The summed E-state index contributed by atoms with van der Waals surface area (Å²) in [5.74, 6) is 0.528. The van der Waals surface area contributed by atoms with Crippen molar-refractivity contribution in [1.82, 2.24) is 4.98 Å². The maximum absolute atomic E-state index is 12.0. The molecule has 2 rings (SSSR count). The van der Waals surface area contributed by atoms with E-state index in [1.165, 1.54) is 11.8 Å². The van der Waals surface area contributed by atoms with Crippen LogP contribution >= 0.6 is 27.7 Å². The van der Waals surface area contributed by atoms with Gasteiger partial charge in [0.1, 0.15) is 0 Å². The number of hydrogen-bond donors (Lipinski definition) is 0. The summed E-state index contributed by atoms with van der Waals surface area (Å²) in [4.78, 5) is 17.1. The van der Waals surface area contributed by atoms with Crippen LogP contribution in [0.15, 0.2) is 52.1 Å². The Balaban J connectivity index is 2.03. The molecule has 1 heterocycles. The van der Waals surface area contributed by atoms with Crippen LogP contribution in [-0.2, 0) is 0 Å². The van der Waals surface area contributed by atoms with Crippen molar-refractivity contribution in [2.24, 2.45) is 0 Å². The number of halogens is 1. The molecule has 18 heavy (non-hydrogen) atoms. The van der Waals surface area contributed by atoms with Crippen molar-refractivity contribution in [2.75, 3.05) is 5.75 Å². The molecule has 0 amide bonds. The molecule has 0 saturated carbocycles. The third-order valence-electron chi connectivity index (χ3n) is 2.39. The first kappa shape index (κ1) is 13.3. The fraction of sp³-hybridized carbons (Fsp3) is 0.143. The first-order valence-electron chi connectivity index (χ1n) is 5.49. The number of benzene rings is 1. The number of thioether (sulfide) groups is 1. The predicted molar refractivity (Wildman–Crippen MR) is 78.2 cm³/mol. The minimum Gasteiger partial charge on any atom is -0.293 e. The van der Waals surface area contributed by atoms with Crippen LogP contribution in [0.3, 0.4) is 0 Å². The van der Waals surface area contributed by atoms with Gasteiger partial charge in [-0.2, -0.15) is 0 Å². The lowest BCUT2D eigenvalue weighted by atomic mass is 10.2. The molecule has 92 valence electrons. The molecule has 2 aromatic rings. The highest BCUT2D eigenvalue weighted by atomic mass is 79.9. The Hall–Kier alpha value is -1.13. The van der Waals surface area contributed by atoms with E-state index < -0.39 is 0 Å². The SMILES string of the molecule is Cc1cncc(C(=O)CSc2ccccc2Br)c1. The van der Waals surface area contributed by atoms with Gasteiger partial charge in [0.25, 0.3) is 0 Å². The van der Waals surface area contributed by atoms with Gasteiger partial charge in [-0.05, 0) is 46.6 Å². The molecule has 0 bridgehead atoms. The first-order valence-corrected chi connectivity index (χ1v) is 7.27. The summed E-state index contributed by atoms with van der Waals surface area (Å²) in [6.07, 6.45) is 3.37. The molecule has 0 atom stereocenters. The Morgan fingerprint density at radius 1 is 1.33 bits per heavy atom. The van der Waals surface area contributed by atoms with Gasteiger partial charge < -0.3 is 0 Å². The number of carbonyl (C=O) groups excluding carboxylic acids is 1. The number of ketones is 1. The standard InChI is InChI=1S/C14H12BrNOS/c1-10-6-11(8-16-7-10)13(17)9-18-14-5-3-2-4-12(14)15/h2-8H,9H2,1H3. The average molecular weight is 322 g/mol. The minimum atomic E-state index is 0.104. The summed E-state index contributed by atoms with van der Waals surface area (Å²) < 4.78 is 1.02. The van der Waals surface area contributed by atoms with Gasteiger partial charge in [-0.15, -0.1) is 11.8 Å². The van der Waals surface area contributed by atoms with Crippen molar-refractivity contribution in [2.45, 2.75) is 11.8 Å². The quantitative estimate of drug-likeness (QED) is 0.626. The fourth-order valence-corrected chi connectivity index (χ4v) is 2.96. The highest BCUT2D eigenvalue weighted by molar-refractivity contribution is 9.10.